The van der Waals surface area contributed by atoms with Gasteiger partial charge in [-0.1, -0.05) is 0 Å². The number of furan rings is 1. The van der Waals surface area contributed by atoms with Gasteiger partial charge in [0.1, 0.15) is 17.1 Å². The Hall–Kier alpha value is -2.51. The van der Waals surface area contributed by atoms with Crippen molar-refractivity contribution in [2.45, 2.75) is 31.6 Å². The summed E-state index contributed by atoms with van der Waals surface area (Å²) in [6, 6.07) is 19.8. The van der Waals surface area contributed by atoms with Gasteiger partial charge >= 0.3 is 0 Å². The van der Waals surface area contributed by atoms with Crippen molar-refractivity contribution in [1.82, 2.24) is 0 Å². The lowest BCUT2D eigenvalue weighted by atomic mass is 9.97. The summed E-state index contributed by atoms with van der Waals surface area (Å²) >= 11 is 2.27. The second-order valence-corrected chi connectivity index (χ2v) is 9.52. The third-order valence-corrected chi connectivity index (χ3v) is 6.62. The van der Waals surface area contributed by atoms with Crippen LogP contribution < -0.4 is 4.74 Å². The molecule has 1 N–H and O–H groups in total. The van der Waals surface area contributed by atoms with E-state index in [1.54, 1.807) is 7.11 Å². The topological polar surface area (TPSA) is 51.8 Å². The number of ether oxygens (including phenoxy) is 2. The number of hydrogen-bond donors (Lipinski definition) is 1. The summed E-state index contributed by atoms with van der Waals surface area (Å²) in [5.74, 6) is 2.83. The molecule has 1 heterocycles. The van der Waals surface area contributed by atoms with Gasteiger partial charge in [-0.2, -0.15) is 0 Å². The lowest BCUT2D eigenvalue weighted by Crippen LogP contribution is -1.96. The van der Waals surface area contributed by atoms with E-state index in [-0.39, 0.29) is 5.75 Å². The molecule has 0 spiro atoms. The minimum absolute atomic E-state index is 0.205. The fourth-order valence-corrected chi connectivity index (χ4v) is 4.45. The first-order valence-electron chi connectivity index (χ1n) is 10.9. The van der Waals surface area contributed by atoms with Crippen molar-refractivity contribution in [1.29, 1.82) is 0 Å². The SMILES string of the molecule is COCCCc1cc2oc(-c3ccc(Oc4ccc(I)cc4)cc3)c(O)c2cc1C1CC1. The van der Waals surface area contributed by atoms with Crippen molar-refractivity contribution in [2.75, 3.05) is 13.7 Å². The Morgan fingerprint density at radius 2 is 1.69 bits per heavy atom. The van der Waals surface area contributed by atoms with Crippen LogP contribution in [0.4, 0.5) is 0 Å². The molecular weight excluding hydrogens is 515 g/mol. The van der Waals surface area contributed by atoms with E-state index < -0.39 is 0 Å². The van der Waals surface area contributed by atoms with Crippen LogP contribution in [0.15, 0.2) is 65.1 Å². The van der Waals surface area contributed by atoms with Gasteiger partial charge in [0.05, 0.1) is 5.39 Å². The average molecular weight is 540 g/mol. The zero-order valence-corrected chi connectivity index (χ0v) is 20.1. The van der Waals surface area contributed by atoms with E-state index in [0.717, 1.165) is 51.1 Å². The lowest BCUT2D eigenvalue weighted by molar-refractivity contribution is 0.195. The highest BCUT2D eigenvalue weighted by Gasteiger charge is 2.28. The molecule has 3 aromatic carbocycles. The van der Waals surface area contributed by atoms with Crippen LogP contribution in [0.1, 0.15) is 36.3 Å². The quantitative estimate of drug-likeness (QED) is 0.184. The number of aromatic hydroxyl groups is 1. The number of benzene rings is 3. The first kappa shape index (κ1) is 21.3. The Morgan fingerprint density at radius 1 is 1.00 bits per heavy atom. The van der Waals surface area contributed by atoms with E-state index in [1.807, 2.05) is 48.5 Å². The number of rotatable bonds is 8. The van der Waals surface area contributed by atoms with Gasteiger partial charge in [-0.25, -0.2) is 0 Å². The maximum atomic E-state index is 11.0. The van der Waals surface area contributed by atoms with Crippen LogP contribution in [-0.2, 0) is 11.2 Å². The molecule has 4 aromatic rings. The normalized spacial score (nSPS) is 13.6. The molecule has 1 aromatic heterocycles. The fourth-order valence-electron chi connectivity index (χ4n) is 4.10. The molecule has 0 unspecified atom stereocenters. The standard InChI is InChI=1S/C27H25IO4/c1-30-14-2-3-19-15-25-24(16-23(19)17-4-5-17)26(29)27(32-25)18-6-10-21(11-7-18)31-22-12-8-20(28)9-13-22/h6-13,15-17,29H,2-5,14H2,1H3. The van der Waals surface area contributed by atoms with E-state index in [2.05, 4.69) is 34.7 Å². The van der Waals surface area contributed by atoms with Crippen LogP contribution in [0.25, 0.3) is 22.3 Å². The molecule has 0 aliphatic heterocycles. The second kappa shape index (κ2) is 9.16. The summed E-state index contributed by atoms with van der Waals surface area (Å²) in [5.41, 5.74) is 4.20. The highest BCUT2D eigenvalue weighted by atomic mass is 127. The highest BCUT2D eigenvalue weighted by molar-refractivity contribution is 14.1. The van der Waals surface area contributed by atoms with Crippen LogP contribution >= 0.6 is 22.6 Å². The lowest BCUT2D eigenvalue weighted by Gasteiger charge is -2.09. The van der Waals surface area contributed by atoms with Gasteiger partial charge in [-0.3, -0.25) is 0 Å². The Labute approximate surface area is 201 Å². The van der Waals surface area contributed by atoms with Crippen molar-refractivity contribution in [3.8, 4) is 28.6 Å². The molecule has 164 valence electrons. The Kier molecular flexibility index (Phi) is 6.11. The molecule has 32 heavy (non-hydrogen) atoms. The fraction of sp³-hybridized carbons (Fsp3) is 0.259. The van der Waals surface area contributed by atoms with Gasteiger partial charge in [0.15, 0.2) is 11.5 Å². The van der Waals surface area contributed by atoms with Crippen molar-refractivity contribution in [3.05, 3.63) is 75.4 Å². The molecule has 0 amide bonds. The van der Waals surface area contributed by atoms with Gasteiger partial charge in [0.25, 0.3) is 0 Å². The van der Waals surface area contributed by atoms with Gasteiger partial charge in [0.2, 0.25) is 0 Å². The van der Waals surface area contributed by atoms with E-state index in [1.165, 1.54) is 24.0 Å². The molecule has 4 nitrogen and oxygen atoms in total. The van der Waals surface area contributed by atoms with Crippen LogP contribution in [0, 0.1) is 3.57 Å². The van der Waals surface area contributed by atoms with Crippen LogP contribution in [0.2, 0.25) is 0 Å². The predicted octanol–water partition coefficient (Wildman–Crippen LogP) is 7.66. The Balaban J connectivity index is 1.43. The van der Waals surface area contributed by atoms with E-state index in [9.17, 15) is 5.11 Å². The average Bonchev–Trinajstić information content (AvgIpc) is 3.60. The van der Waals surface area contributed by atoms with Gasteiger partial charge in [-0.15, -0.1) is 0 Å². The molecule has 1 saturated carbocycles. The summed E-state index contributed by atoms with van der Waals surface area (Å²) in [6.45, 7) is 0.743. The Morgan fingerprint density at radius 3 is 2.34 bits per heavy atom. The van der Waals surface area contributed by atoms with Crippen LogP contribution in [0.5, 0.6) is 17.2 Å². The van der Waals surface area contributed by atoms with E-state index in [0.29, 0.717) is 11.7 Å². The van der Waals surface area contributed by atoms with E-state index in [4.69, 9.17) is 13.9 Å². The molecule has 0 saturated heterocycles. The molecule has 1 fully saturated rings. The molecule has 0 bridgehead atoms. The second-order valence-electron chi connectivity index (χ2n) is 8.28. The molecule has 1 aliphatic rings. The molecule has 5 rings (SSSR count). The number of aryl methyl sites for hydroxylation is 1. The number of methoxy groups -OCH3 is 1. The molecule has 5 heteroatoms. The van der Waals surface area contributed by atoms with Crippen LogP contribution in [0.3, 0.4) is 0 Å². The summed E-state index contributed by atoms with van der Waals surface area (Å²) in [7, 11) is 1.73. The molecular formula is C27H25IO4. The minimum atomic E-state index is 0.205. The van der Waals surface area contributed by atoms with Gasteiger partial charge in [-0.05, 0) is 126 Å². The highest BCUT2D eigenvalue weighted by Crippen LogP contribution is 2.46. The predicted molar refractivity (Wildman–Crippen MR) is 135 cm³/mol. The van der Waals surface area contributed by atoms with Gasteiger partial charge in [0, 0.05) is 22.9 Å². The third kappa shape index (κ3) is 4.50. The zero-order valence-electron chi connectivity index (χ0n) is 17.9. The van der Waals surface area contributed by atoms with Crippen molar-refractivity contribution < 1.29 is 19.0 Å². The summed E-state index contributed by atoms with van der Waals surface area (Å²) in [5, 5.41) is 11.7. The van der Waals surface area contributed by atoms with Crippen molar-refractivity contribution in [3.63, 3.8) is 0 Å². The van der Waals surface area contributed by atoms with Crippen molar-refractivity contribution >= 4 is 33.6 Å². The maximum absolute atomic E-state index is 11.0. The summed E-state index contributed by atoms with van der Waals surface area (Å²) in [6.07, 6.45) is 4.37. The first-order valence-corrected chi connectivity index (χ1v) is 12.0. The monoisotopic (exact) mass is 540 g/mol. The largest absolute Gasteiger partial charge is 0.504 e. The minimum Gasteiger partial charge on any atom is -0.504 e. The van der Waals surface area contributed by atoms with Crippen LogP contribution in [-0.4, -0.2) is 18.8 Å². The van der Waals surface area contributed by atoms with Crippen molar-refractivity contribution in [2.24, 2.45) is 0 Å². The maximum Gasteiger partial charge on any atom is 0.177 e. The molecule has 1 aliphatic carbocycles. The Bertz CT molecular complexity index is 1220. The summed E-state index contributed by atoms with van der Waals surface area (Å²) < 4.78 is 18.4. The summed E-state index contributed by atoms with van der Waals surface area (Å²) in [4.78, 5) is 0. The number of fused-ring (bicyclic) bond motifs is 1. The number of hydrogen-bond acceptors (Lipinski definition) is 4. The van der Waals surface area contributed by atoms with Gasteiger partial charge < -0.3 is 19.0 Å². The molecule has 0 atom stereocenters. The number of halogens is 1. The van der Waals surface area contributed by atoms with E-state index >= 15 is 0 Å². The third-order valence-electron chi connectivity index (χ3n) is 5.90. The zero-order chi connectivity index (χ0) is 22.1. The first-order chi connectivity index (χ1) is 15.6. The smallest absolute Gasteiger partial charge is 0.177 e. The molecule has 0 radical (unpaired) electrons.